The van der Waals surface area contributed by atoms with Crippen molar-refractivity contribution in [1.82, 2.24) is 0 Å². The summed E-state index contributed by atoms with van der Waals surface area (Å²) in [4.78, 5) is 11.8. The van der Waals surface area contributed by atoms with Gasteiger partial charge in [-0.05, 0) is 68.3 Å². The first-order valence-corrected chi connectivity index (χ1v) is 8.96. The number of aliphatic hydroxyl groups excluding tert-OH is 1. The van der Waals surface area contributed by atoms with Gasteiger partial charge in [0.15, 0.2) is 5.78 Å². The van der Waals surface area contributed by atoms with Crippen LogP contribution >= 0.6 is 0 Å². The van der Waals surface area contributed by atoms with Gasteiger partial charge in [0.05, 0.1) is 11.7 Å². The first-order chi connectivity index (χ1) is 10.3. The average molecular weight is 304 g/mol. The third kappa shape index (κ3) is 1.62. The van der Waals surface area contributed by atoms with Gasteiger partial charge in [-0.1, -0.05) is 19.4 Å². The summed E-state index contributed by atoms with van der Waals surface area (Å²) < 4.78 is 0. The van der Waals surface area contributed by atoms with Crippen LogP contribution in [-0.4, -0.2) is 27.7 Å². The van der Waals surface area contributed by atoms with Crippen LogP contribution in [0.2, 0.25) is 0 Å². The summed E-state index contributed by atoms with van der Waals surface area (Å²) in [7, 11) is 0. The highest BCUT2D eigenvalue weighted by Crippen LogP contribution is 2.66. The molecule has 3 fully saturated rings. The van der Waals surface area contributed by atoms with E-state index in [1.54, 1.807) is 0 Å². The Kier molecular flexibility index (Phi) is 3.01. The molecule has 0 bridgehead atoms. The second kappa shape index (κ2) is 4.45. The molecule has 0 radical (unpaired) electrons. The lowest BCUT2D eigenvalue weighted by Gasteiger charge is -2.61. The molecular weight excluding hydrogens is 276 g/mol. The van der Waals surface area contributed by atoms with Crippen molar-refractivity contribution < 1.29 is 15.0 Å². The van der Waals surface area contributed by atoms with Crippen molar-refractivity contribution in [3.8, 4) is 0 Å². The van der Waals surface area contributed by atoms with Crippen molar-refractivity contribution in [2.45, 2.75) is 76.9 Å². The fourth-order valence-electron chi connectivity index (χ4n) is 6.50. The second-order valence-corrected chi connectivity index (χ2v) is 8.74. The minimum Gasteiger partial charge on any atom is -0.392 e. The Morgan fingerprint density at radius 3 is 2.59 bits per heavy atom. The molecule has 0 aromatic rings. The molecule has 3 nitrogen and oxygen atoms in total. The lowest BCUT2D eigenvalue weighted by Crippen LogP contribution is -2.61. The number of rotatable bonds is 0. The standard InChI is InChI=1S/C19H28O3/c1-17-8-5-13(20)11-12(17)3-4-15-14(17)6-9-18(2)16(21)7-10-19(15,18)22/h11,14-16,21-22H,3-10H2,1-2H3/t14-,15+,16-,17-,18+,19?/m0/s1. The summed E-state index contributed by atoms with van der Waals surface area (Å²) >= 11 is 0. The van der Waals surface area contributed by atoms with E-state index in [2.05, 4.69) is 13.8 Å². The highest BCUT2D eigenvalue weighted by atomic mass is 16.3. The molecular formula is C19H28O3. The van der Waals surface area contributed by atoms with Gasteiger partial charge in [0.25, 0.3) is 0 Å². The maximum absolute atomic E-state index is 11.8. The minimum atomic E-state index is -0.717. The van der Waals surface area contributed by atoms with Gasteiger partial charge in [0, 0.05) is 11.8 Å². The van der Waals surface area contributed by atoms with E-state index in [4.69, 9.17) is 0 Å². The Morgan fingerprint density at radius 2 is 1.82 bits per heavy atom. The molecule has 3 heteroatoms. The van der Waals surface area contributed by atoms with E-state index in [0.717, 1.165) is 44.9 Å². The summed E-state index contributed by atoms with van der Waals surface area (Å²) in [6.07, 6.45) is 8.49. The first-order valence-electron chi connectivity index (χ1n) is 8.96. The van der Waals surface area contributed by atoms with Crippen LogP contribution in [0.3, 0.4) is 0 Å². The van der Waals surface area contributed by atoms with Crippen molar-refractivity contribution >= 4 is 5.78 Å². The van der Waals surface area contributed by atoms with Crippen LogP contribution in [0, 0.1) is 22.7 Å². The van der Waals surface area contributed by atoms with Crippen LogP contribution in [0.15, 0.2) is 11.6 Å². The van der Waals surface area contributed by atoms with Crippen LogP contribution in [0.25, 0.3) is 0 Å². The van der Waals surface area contributed by atoms with Gasteiger partial charge in [-0.2, -0.15) is 0 Å². The lowest BCUT2D eigenvalue weighted by molar-refractivity contribution is -0.192. The summed E-state index contributed by atoms with van der Waals surface area (Å²) in [6.45, 7) is 4.42. The van der Waals surface area contributed by atoms with Crippen LogP contribution in [0.5, 0.6) is 0 Å². The monoisotopic (exact) mass is 304 g/mol. The summed E-state index contributed by atoms with van der Waals surface area (Å²) in [6, 6.07) is 0. The van der Waals surface area contributed by atoms with Crippen molar-refractivity contribution in [1.29, 1.82) is 0 Å². The normalized spacial score (nSPS) is 54.3. The predicted molar refractivity (Wildman–Crippen MR) is 84.2 cm³/mol. The Morgan fingerprint density at radius 1 is 1.05 bits per heavy atom. The zero-order valence-corrected chi connectivity index (χ0v) is 13.8. The minimum absolute atomic E-state index is 0.0848. The number of carbonyl (C=O) groups excluding carboxylic acids is 1. The number of allylic oxidation sites excluding steroid dienone is 1. The van der Waals surface area contributed by atoms with E-state index < -0.39 is 5.60 Å². The van der Waals surface area contributed by atoms with Gasteiger partial charge in [-0.15, -0.1) is 0 Å². The van der Waals surface area contributed by atoms with E-state index in [1.807, 2.05) is 6.08 Å². The van der Waals surface area contributed by atoms with E-state index in [9.17, 15) is 15.0 Å². The molecule has 6 atom stereocenters. The molecule has 0 aromatic carbocycles. The molecule has 1 unspecified atom stereocenters. The molecule has 3 saturated carbocycles. The SMILES string of the molecule is C[C@]12CCC(=O)C=C1CC[C@@H]1[C@@H]2CC[C@]2(C)[C@@H](O)CCC12O. The molecule has 4 aliphatic carbocycles. The third-order valence-electron chi connectivity index (χ3n) is 8.10. The van der Waals surface area contributed by atoms with Crippen molar-refractivity contribution in [2.24, 2.45) is 22.7 Å². The third-order valence-corrected chi connectivity index (χ3v) is 8.10. The first kappa shape index (κ1) is 14.9. The molecule has 122 valence electrons. The van der Waals surface area contributed by atoms with Crippen LogP contribution in [0.1, 0.15) is 65.2 Å². The number of hydrogen-bond donors (Lipinski definition) is 2. The fraction of sp³-hybridized carbons (Fsp3) is 0.842. The van der Waals surface area contributed by atoms with Crippen LogP contribution in [-0.2, 0) is 4.79 Å². The van der Waals surface area contributed by atoms with Gasteiger partial charge in [-0.25, -0.2) is 0 Å². The van der Waals surface area contributed by atoms with Gasteiger partial charge in [-0.3, -0.25) is 4.79 Å². The van der Waals surface area contributed by atoms with E-state index >= 15 is 0 Å². The fourth-order valence-corrected chi connectivity index (χ4v) is 6.50. The molecule has 22 heavy (non-hydrogen) atoms. The smallest absolute Gasteiger partial charge is 0.155 e. The average Bonchev–Trinajstić information content (AvgIpc) is 2.72. The predicted octanol–water partition coefficient (Wildman–Crippen LogP) is 2.99. The van der Waals surface area contributed by atoms with Crippen LogP contribution < -0.4 is 0 Å². The van der Waals surface area contributed by atoms with Crippen molar-refractivity contribution in [3.63, 3.8) is 0 Å². The molecule has 0 spiro atoms. The van der Waals surface area contributed by atoms with Crippen LogP contribution in [0.4, 0.5) is 0 Å². The van der Waals surface area contributed by atoms with Crippen molar-refractivity contribution in [3.05, 3.63) is 11.6 Å². The highest BCUT2D eigenvalue weighted by Gasteiger charge is 2.66. The summed E-state index contributed by atoms with van der Waals surface area (Å²) in [5.41, 5.74) is 0.360. The lowest BCUT2D eigenvalue weighted by atomic mass is 9.46. The number of aliphatic hydroxyl groups is 2. The topological polar surface area (TPSA) is 57.5 Å². The molecule has 0 heterocycles. The number of carbonyl (C=O) groups is 1. The molecule has 4 aliphatic rings. The Balaban J connectivity index is 1.74. The zero-order chi connectivity index (χ0) is 15.8. The summed E-state index contributed by atoms with van der Waals surface area (Å²) in [5.74, 6) is 1.02. The Hall–Kier alpha value is -0.670. The largest absolute Gasteiger partial charge is 0.392 e. The van der Waals surface area contributed by atoms with Gasteiger partial charge < -0.3 is 10.2 Å². The quantitative estimate of drug-likeness (QED) is 0.723. The molecule has 0 saturated heterocycles. The van der Waals surface area contributed by atoms with Gasteiger partial charge in [0.2, 0.25) is 0 Å². The Labute approximate surface area is 132 Å². The maximum Gasteiger partial charge on any atom is 0.155 e. The number of fused-ring (bicyclic) bond motifs is 5. The maximum atomic E-state index is 11.8. The highest BCUT2D eigenvalue weighted by molar-refractivity contribution is 5.91. The summed E-state index contributed by atoms with van der Waals surface area (Å²) in [5, 5.41) is 22.0. The van der Waals surface area contributed by atoms with Gasteiger partial charge in [0.1, 0.15) is 0 Å². The zero-order valence-electron chi connectivity index (χ0n) is 13.8. The molecule has 2 N–H and O–H groups in total. The molecule has 0 aliphatic heterocycles. The van der Waals surface area contributed by atoms with E-state index in [1.165, 1.54) is 5.57 Å². The van der Waals surface area contributed by atoms with Crippen molar-refractivity contribution in [2.75, 3.05) is 0 Å². The Bertz CT molecular complexity index is 553. The molecule has 0 amide bonds. The second-order valence-electron chi connectivity index (χ2n) is 8.74. The van der Waals surface area contributed by atoms with E-state index in [0.29, 0.717) is 12.3 Å². The molecule has 4 rings (SSSR count). The molecule has 0 aromatic heterocycles. The number of hydrogen-bond acceptors (Lipinski definition) is 3. The number of ketones is 1. The van der Waals surface area contributed by atoms with Gasteiger partial charge >= 0.3 is 0 Å². The van der Waals surface area contributed by atoms with E-state index in [-0.39, 0.29) is 28.6 Å².